The van der Waals surface area contributed by atoms with Crippen LogP contribution < -0.4 is 5.56 Å². The smallest absolute Gasteiger partial charge is 0.337 e. The maximum absolute atomic E-state index is 12.0. The molecular formula is C13H7ClN2O3S. The van der Waals surface area contributed by atoms with Gasteiger partial charge in [-0.25, -0.2) is 9.78 Å². The van der Waals surface area contributed by atoms with Gasteiger partial charge in [0.1, 0.15) is 10.7 Å². The first-order valence-corrected chi connectivity index (χ1v) is 6.83. The minimum absolute atomic E-state index is 0.0265. The molecule has 2 aromatic heterocycles. The lowest BCUT2D eigenvalue weighted by Gasteiger charge is -2.01. The molecule has 0 amide bonds. The second kappa shape index (κ2) is 4.73. The Morgan fingerprint density at radius 1 is 1.30 bits per heavy atom. The second-order valence-corrected chi connectivity index (χ2v) is 5.35. The van der Waals surface area contributed by atoms with Gasteiger partial charge in [-0.1, -0.05) is 11.6 Å². The highest BCUT2D eigenvalue weighted by molar-refractivity contribution is 7.17. The summed E-state index contributed by atoms with van der Waals surface area (Å²) in [5, 5.41) is 11.1. The van der Waals surface area contributed by atoms with Crippen molar-refractivity contribution in [3.8, 4) is 11.4 Å². The van der Waals surface area contributed by atoms with Gasteiger partial charge in [0.25, 0.3) is 5.56 Å². The number of carbonyl (C=O) groups is 1. The fraction of sp³-hybridized carbons (Fsp3) is 0. The van der Waals surface area contributed by atoms with Crippen molar-refractivity contribution in [1.29, 1.82) is 0 Å². The van der Waals surface area contributed by atoms with Gasteiger partial charge < -0.3 is 10.1 Å². The molecule has 5 nitrogen and oxygen atoms in total. The lowest BCUT2D eigenvalue weighted by atomic mass is 10.2. The molecule has 2 N–H and O–H groups in total. The van der Waals surface area contributed by atoms with Crippen molar-refractivity contribution in [2.45, 2.75) is 0 Å². The summed E-state index contributed by atoms with van der Waals surface area (Å²) >= 11 is 6.94. The molecule has 100 valence electrons. The van der Waals surface area contributed by atoms with Crippen LogP contribution in [-0.2, 0) is 0 Å². The third kappa shape index (κ3) is 2.09. The molecule has 1 aromatic carbocycles. The second-order valence-electron chi connectivity index (χ2n) is 4.06. The van der Waals surface area contributed by atoms with Crippen molar-refractivity contribution in [2.75, 3.05) is 0 Å². The van der Waals surface area contributed by atoms with Crippen LogP contribution >= 0.6 is 22.9 Å². The first-order valence-electron chi connectivity index (χ1n) is 5.57. The third-order valence-electron chi connectivity index (χ3n) is 2.79. The van der Waals surface area contributed by atoms with Gasteiger partial charge in [0.05, 0.1) is 10.9 Å². The number of aromatic nitrogens is 2. The summed E-state index contributed by atoms with van der Waals surface area (Å²) < 4.78 is 0. The number of nitrogens with one attached hydrogen (secondary N) is 1. The number of carboxylic acids is 1. The maximum atomic E-state index is 12.0. The van der Waals surface area contributed by atoms with Crippen molar-refractivity contribution in [1.82, 2.24) is 9.97 Å². The summed E-state index contributed by atoms with van der Waals surface area (Å²) in [7, 11) is 0. The molecule has 20 heavy (non-hydrogen) atoms. The SMILES string of the molecule is O=C(O)c1csc2nc(-c3ccc(Cl)cc3)[nH]c(=O)c12. The van der Waals surface area contributed by atoms with E-state index in [1.54, 1.807) is 24.3 Å². The lowest BCUT2D eigenvalue weighted by molar-refractivity contribution is 0.0699. The van der Waals surface area contributed by atoms with Gasteiger partial charge in [-0.05, 0) is 24.3 Å². The fourth-order valence-corrected chi connectivity index (χ4v) is 2.89. The zero-order chi connectivity index (χ0) is 14.3. The molecule has 2 heterocycles. The number of thiophene rings is 1. The van der Waals surface area contributed by atoms with Gasteiger partial charge in [0.15, 0.2) is 0 Å². The molecule has 3 aromatic rings. The predicted molar refractivity (Wildman–Crippen MR) is 77.6 cm³/mol. The fourth-order valence-electron chi connectivity index (χ4n) is 1.85. The summed E-state index contributed by atoms with van der Waals surface area (Å²) in [6.45, 7) is 0. The molecule has 0 aliphatic carbocycles. The average Bonchev–Trinajstić information content (AvgIpc) is 2.84. The van der Waals surface area contributed by atoms with Crippen LogP contribution in [-0.4, -0.2) is 21.0 Å². The molecule has 0 fully saturated rings. The molecule has 0 bridgehead atoms. The lowest BCUT2D eigenvalue weighted by Crippen LogP contribution is -2.11. The van der Waals surface area contributed by atoms with E-state index in [9.17, 15) is 9.59 Å². The highest BCUT2D eigenvalue weighted by Crippen LogP contribution is 2.24. The van der Waals surface area contributed by atoms with E-state index in [4.69, 9.17) is 16.7 Å². The first kappa shape index (κ1) is 12.8. The van der Waals surface area contributed by atoms with E-state index >= 15 is 0 Å². The largest absolute Gasteiger partial charge is 0.478 e. The Bertz CT molecular complexity index is 867. The Balaban J connectivity index is 2.23. The Morgan fingerprint density at radius 2 is 2.00 bits per heavy atom. The van der Waals surface area contributed by atoms with Gasteiger partial charge in [-0.2, -0.15) is 0 Å². The van der Waals surface area contributed by atoms with Crippen LogP contribution in [0.15, 0.2) is 34.4 Å². The molecule has 3 rings (SSSR count). The van der Waals surface area contributed by atoms with Crippen LogP contribution in [0.25, 0.3) is 21.6 Å². The quantitative estimate of drug-likeness (QED) is 0.762. The molecule has 0 aliphatic heterocycles. The topological polar surface area (TPSA) is 83.0 Å². The van der Waals surface area contributed by atoms with E-state index in [-0.39, 0.29) is 10.9 Å². The van der Waals surface area contributed by atoms with Crippen LogP contribution in [0.3, 0.4) is 0 Å². The minimum Gasteiger partial charge on any atom is -0.478 e. The number of fused-ring (bicyclic) bond motifs is 1. The average molecular weight is 307 g/mol. The molecule has 0 saturated heterocycles. The minimum atomic E-state index is -1.14. The Kier molecular flexibility index (Phi) is 3.04. The number of rotatable bonds is 2. The van der Waals surface area contributed by atoms with Crippen molar-refractivity contribution in [3.05, 3.63) is 50.6 Å². The van der Waals surface area contributed by atoms with Crippen LogP contribution in [0.4, 0.5) is 0 Å². The molecule has 0 saturated carbocycles. The number of carboxylic acid groups (broad SMARTS) is 1. The number of aromatic amines is 1. The van der Waals surface area contributed by atoms with Gasteiger partial charge in [0.2, 0.25) is 0 Å². The summed E-state index contributed by atoms with van der Waals surface area (Å²) in [6.07, 6.45) is 0. The molecule has 0 radical (unpaired) electrons. The molecule has 7 heteroatoms. The molecule has 0 atom stereocenters. The maximum Gasteiger partial charge on any atom is 0.337 e. The van der Waals surface area contributed by atoms with Crippen LogP contribution in [0, 0.1) is 0 Å². The van der Waals surface area contributed by atoms with Crippen LogP contribution in [0.5, 0.6) is 0 Å². The van der Waals surface area contributed by atoms with Gasteiger partial charge >= 0.3 is 5.97 Å². The zero-order valence-corrected chi connectivity index (χ0v) is 11.5. The number of benzene rings is 1. The number of aromatic carboxylic acids is 1. The van der Waals surface area contributed by atoms with Crippen molar-refractivity contribution >= 4 is 39.1 Å². The highest BCUT2D eigenvalue weighted by atomic mass is 35.5. The summed E-state index contributed by atoms with van der Waals surface area (Å²) in [6, 6.07) is 6.85. The van der Waals surface area contributed by atoms with Crippen molar-refractivity contribution in [3.63, 3.8) is 0 Å². The van der Waals surface area contributed by atoms with Crippen LogP contribution in [0.2, 0.25) is 5.02 Å². The molecular weight excluding hydrogens is 300 g/mol. The Labute approximate surface area is 121 Å². The Hall–Kier alpha value is -2.18. The van der Waals surface area contributed by atoms with Crippen LogP contribution in [0.1, 0.15) is 10.4 Å². The number of hydrogen-bond acceptors (Lipinski definition) is 4. The van der Waals surface area contributed by atoms with Gasteiger partial charge in [-0.3, -0.25) is 4.79 Å². The standard InChI is InChI=1S/C13H7ClN2O3S/c14-7-3-1-6(2-4-7)10-15-11(17)9-8(13(18)19)5-20-12(9)16-10/h1-5H,(H,18,19)(H,15,16,17). The van der Waals surface area contributed by atoms with E-state index in [1.165, 1.54) is 5.38 Å². The Morgan fingerprint density at radius 3 is 2.65 bits per heavy atom. The first-order chi connectivity index (χ1) is 9.56. The van der Waals surface area contributed by atoms with Crippen molar-refractivity contribution in [2.24, 2.45) is 0 Å². The van der Waals surface area contributed by atoms with E-state index < -0.39 is 11.5 Å². The van der Waals surface area contributed by atoms with E-state index in [0.717, 1.165) is 11.3 Å². The van der Waals surface area contributed by atoms with E-state index in [1.807, 2.05) is 0 Å². The van der Waals surface area contributed by atoms with Gasteiger partial charge in [0, 0.05) is 16.0 Å². The van der Waals surface area contributed by atoms with E-state index in [2.05, 4.69) is 9.97 Å². The molecule has 0 unspecified atom stereocenters. The monoisotopic (exact) mass is 306 g/mol. The number of nitrogens with zero attached hydrogens (tertiary/aromatic N) is 1. The molecule has 0 spiro atoms. The van der Waals surface area contributed by atoms with Crippen molar-refractivity contribution < 1.29 is 9.90 Å². The predicted octanol–water partition coefficient (Wildman–Crippen LogP) is 3.00. The summed E-state index contributed by atoms with van der Waals surface area (Å²) in [5.74, 6) is -0.749. The zero-order valence-electron chi connectivity index (χ0n) is 9.88. The summed E-state index contributed by atoms with van der Waals surface area (Å²) in [4.78, 5) is 30.4. The number of hydrogen-bond donors (Lipinski definition) is 2. The molecule has 0 aliphatic rings. The number of H-pyrrole nitrogens is 1. The van der Waals surface area contributed by atoms with E-state index in [0.29, 0.717) is 21.2 Å². The summed E-state index contributed by atoms with van der Waals surface area (Å²) in [5.41, 5.74) is 0.221. The third-order valence-corrected chi connectivity index (χ3v) is 3.92. The number of halogens is 1. The highest BCUT2D eigenvalue weighted by Gasteiger charge is 2.16. The van der Waals surface area contributed by atoms with Gasteiger partial charge in [-0.15, -0.1) is 11.3 Å². The normalized spacial score (nSPS) is 10.8.